The molecule has 1 heterocycles. The third-order valence-corrected chi connectivity index (χ3v) is 7.22. The third-order valence-electron chi connectivity index (χ3n) is 5.19. The largest absolute Gasteiger partial charge is 0.493 e. The van der Waals surface area contributed by atoms with Gasteiger partial charge >= 0.3 is 0 Å². The molecule has 0 radical (unpaired) electrons. The predicted molar refractivity (Wildman–Crippen MR) is 131 cm³/mol. The normalized spacial score (nSPS) is 11.8. The number of benzene rings is 3. The number of carbonyl (C=O) groups is 1. The number of amides is 1. The van der Waals surface area contributed by atoms with E-state index in [2.05, 4.69) is 15.2 Å². The number of halogens is 1. The molecule has 0 spiro atoms. The number of H-pyrrole nitrogens is 1. The molecule has 0 bridgehead atoms. The first-order valence-corrected chi connectivity index (χ1v) is 12.2. The number of hydrogen-bond donors (Lipinski definition) is 2. The molecule has 4 rings (SSSR count). The highest BCUT2D eigenvalue weighted by Crippen LogP contribution is 2.36. The number of fused-ring (bicyclic) bond motifs is 1. The lowest BCUT2D eigenvalue weighted by Crippen LogP contribution is -2.35. The Balaban J connectivity index is 1.67. The number of sulfonamides is 1. The summed E-state index contributed by atoms with van der Waals surface area (Å²) in [5, 5.41) is 18.8. The summed E-state index contributed by atoms with van der Waals surface area (Å²) >= 11 is 6.07. The second kappa shape index (κ2) is 9.66. The maximum absolute atomic E-state index is 13.3. The van der Waals surface area contributed by atoms with Gasteiger partial charge in [-0.25, -0.2) is 8.42 Å². The van der Waals surface area contributed by atoms with Gasteiger partial charge in [0.25, 0.3) is 15.9 Å². The lowest BCUT2D eigenvalue weighted by molar-refractivity contribution is -0.116. The van der Waals surface area contributed by atoms with E-state index in [0.29, 0.717) is 15.9 Å². The van der Waals surface area contributed by atoms with Crippen LogP contribution in [0.2, 0.25) is 5.02 Å². The third kappa shape index (κ3) is 4.80. The molecule has 0 fully saturated rings. The predicted octanol–water partition coefficient (Wildman–Crippen LogP) is 5.60. The summed E-state index contributed by atoms with van der Waals surface area (Å²) in [4.78, 5) is 15.6. The van der Waals surface area contributed by atoms with Crippen LogP contribution >= 0.6 is 11.6 Å². The van der Waals surface area contributed by atoms with Crippen molar-refractivity contribution in [1.29, 1.82) is 0 Å². The van der Waals surface area contributed by atoms with Gasteiger partial charge < -0.3 is 10.1 Å². The molecule has 10 heteroatoms. The zero-order valence-electron chi connectivity index (χ0n) is 18.1. The maximum atomic E-state index is 13.3. The quantitative estimate of drug-likeness (QED) is 0.324. The molecule has 4 aromatic rings. The molecule has 0 saturated carbocycles. The van der Waals surface area contributed by atoms with Gasteiger partial charge in [0.2, 0.25) is 5.88 Å². The van der Waals surface area contributed by atoms with Gasteiger partial charge in [-0.1, -0.05) is 48.9 Å². The molecule has 0 aliphatic rings. The Morgan fingerprint density at radius 2 is 1.82 bits per heavy atom. The number of rotatable bonds is 7. The Labute approximate surface area is 201 Å². The zero-order chi connectivity index (χ0) is 24.3. The van der Waals surface area contributed by atoms with E-state index in [4.69, 9.17) is 11.6 Å². The van der Waals surface area contributed by atoms with Crippen molar-refractivity contribution in [2.75, 3.05) is 10.8 Å². The molecule has 174 valence electrons. The number of anilines is 1. The SMILES string of the molecule is CCc1ccc2[nH]c(O)c(N=NC(=O)CN(c3cccc(Cl)c3)S(=O)(=O)c3ccccc3)c2c1. The van der Waals surface area contributed by atoms with Crippen molar-refractivity contribution in [2.24, 2.45) is 10.2 Å². The second-order valence-corrected chi connectivity index (χ2v) is 9.75. The Bertz CT molecular complexity index is 1480. The molecule has 2 N–H and O–H groups in total. The Hall–Kier alpha value is -3.69. The van der Waals surface area contributed by atoms with Crippen LogP contribution in [0.15, 0.2) is 87.9 Å². The van der Waals surface area contributed by atoms with Crippen molar-refractivity contribution >= 4 is 49.8 Å². The number of hydrogen-bond acceptors (Lipinski definition) is 5. The molecular weight excluding hydrogens is 476 g/mol. The fourth-order valence-electron chi connectivity index (χ4n) is 3.46. The number of carbonyl (C=O) groups excluding carboxylic acids is 1. The van der Waals surface area contributed by atoms with E-state index in [9.17, 15) is 18.3 Å². The Morgan fingerprint density at radius 3 is 2.53 bits per heavy atom. The maximum Gasteiger partial charge on any atom is 0.285 e. The molecule has 34 heavy (non-hydrogen) atoms. The fraction of sp³-hybridized carbons (Fsp3) is 0.125. The minimum atomic E-state index is -4.09. The molecule has 0 aliphatic carbocycles. The summed E-state index contributed by atoms with van der Waals surface area (Å²) < 4.78 is 27.6. The van der Waals surface area contributed by atoms with Crippen LogP contribution in [0.4, 0.5) is 11.4 Å². The second-order valence-electron chi connectivity index (χ2n) is 7.45. The summed E-state index contributed by atoms with van der Waals surface area (Å²) in [7, 11) is -4.09. The highest BCUT2D eigenvalue weighted by Gasteiger charge is 2.27. The number of aromatic hydroxyl groups is 1. The monoisotopic (exact) mass is 496 g/mol. The number of nitrogens with one attached hydrogen (secondary N) is 1. The van der Waals surface area contributed by atoms with Gasteiger partial charge in [-0.15, -0.1) is 10.2 Å². The summed E-state index contributed by atoms with van der Waals surface area (Å²) in [6.07, 6.45) is 0.781. The van der Waals surface area contributed by atoms with E-state index >= 15 is 0 Å². The lowest BCUT2D eigenvalue weighted by atomic mass is 10.1. The van der Waals surface area contributed by atoms with Crippen LogP contribution in [0.1, 0.15) is 12.5 Å². The highest BCUT2D eigenvalue weighted by atomic mass is 35.5. The van der Waals surface area contributed by atoms with Crippen LogP contribution in [0.5, 0.6) is 5.88 Å². The van der Waals surface area contributed by atoms with Gasteiger partial charge in [-0.2, -0.15) is 0 Å². The van der Waals surface area contributed by atoms with E-state index in [1.165, 1.54) is 24.3 Å². The van der Waals surface area contributed by atoms with Gasteiger partial charge in [0.1, 0.15) is 6.54 Å². The van der Waals surface area contributed by atoms with E-state index in [1.807, 2.05) is 25.1 Å². The van der Waals surface area contributed by atoms with Gasteiger partial charge in [-0.3, -0.25) is 9.10 Å². The summed E-state index contributed by atoms with van der Waals surface area (Å²) in [5.41, 5.74) is 1.99. The van der Waals surface area contributed by atoms with E-state index in [0.717, 1.165) is 16.3 Å². The molecule has 1 amide bonds. The Kier molecular flexibility index (Phi) is 6.67. The lowest BCUT2D eigenvalue weighted by Gasteiger charge is -2.23. The van der Waals surface area contributed by atoms with E-state index in [-0.39, 0.29) is 22.2 Å². The molecule has 0 aliphatic heterocycles. The van der Waals surface area contributed by atoms with Crippen LogP contribution in [0.3, 0.4) is 0 Å². The molecule has 8 nitrogen and oxygen atoms in total. The molecule has 0 atom stereocenters. The highest BCUT2D eigenvalue weighted by molar-refractivity contribution is 7.92. The van der Waals surface area contributed by atoms with Crippen LogP contribution in [0, 0.1) is 0 Å². The molecule has 0 saturated heterocycles. The summed E-state index contributed by atoms with van der Waals surface area (Å²) in [6, 6.07) is 19.5. The van der Waals surface area contributed by atoms with Gasteiger partial charge in [0, 0.05) is 10.4 Å². The molecule has 1 aromatic heterocycles. The minimum absolute atomic E-state index is 0.0149. The summed E-state index contributed by atoms with van der Waals surface area (Å²) in [6.45, 7) is 1.39. The average molecular weight is 497 g/mol. The van der Waals surface area contributed by atoms with Crippen molar-refractivity contribution in [1.82, 2.24) is 4.98 Å². The van der Waals surface area contributed by atoms with Crippen LogP contribution in [-0.2, 0) is 21.2 Å². The minimum Gasteiger partial charge on any atom is -0.493 e. The molecular formula is C24H21ClN4O4S. The van der Waals surface area contributed by atoms with Crippen LogP contribution in [0.25, 0.3) is 10.9 Å². The van der Waals surface area contributed by atoms with Gasteiger partial charge in [-0.05, 0) is 54.4 Å². The smallest absolute Gasteiger partial charge is 0.285 e. The topological polar surface area (TPSA) is 115 Å². The molecule has 3 aromatic carbocycles. The first-order chi connectivity index (χ1) is 16.3. The molecule has 0 unspecified atom stereocenters. The van der Waals surface area contributed by atoms with Crippen molar-refractivity contribution in [3.63, 3.8) is 0 Å². The van der Waals surface area contributed by atoms with Crippen LogP contribution < -0.4 is 4.31 Å². The standard InChI is InChI=1S/C24H21ClN4O4S/c1-2-16-11-12-21-20(13-16)23(24(31)26-21)28-27-22(30)15-29(18-8-6-7-17(25)14-18)34(32,33)19-9-4-3-5-10-19/h3-14,26,31H,2,15H2,1H3. The fourth-order valence-corrected chi connectivity index (χ4v) is 5.07. The van der Waals surface area contributed by atoms with E-state index < -0.39 is 22.5 Å². The van der Waals surface area contributed by atoms with Gasteiger partial charge in [0.15, 0.2) is 5.69 Å². The van der Waals surface area contributed by atoms with Crippen molar-refractivity contribution in [3.8, 4) is 5.88 Å². The number of aromatic nitrogens is 1. The average Bonchev–Trinajstić information content (AvgIpc) is 3.15. The van der Waals surface area contributed by atoms with Crippen molar-refractivity contribution in [2.45, 2.75) is 18.2 Å². The van der Waals surface area contributed by atoms with Crippen molar-refractivity contribution < 1.29 is 18.3 Å². The first-order valence-electron chi connectivity index (χ1n) is 10.4. The van der Waals surface area contributed by atoms with E-state index in [1.54, 1.807) is 30.3 Å². The van der Waals surface area contributed by atoms with Crippen molar-refractivity contribution in [3.05, 3.63) is 83.4 Å². The number of aryl methyl sites for hydroxylation is 1. The van der Waals surface area contributed by atoms with Crippen LogP contribution in [-0.4, -0.2) is 31.0 Å². The number of aromatic amines is 1. The zero-order valence-corrected chi connectivity index (χ0v) is 19.7. The first kappa shape index (κ1) is 23.5. The van der Waals surface area contributed by atoms with Gasteiger partial charge in [0.05, 0.1) is 16.1 Å². The number of nitrogens with zero attached hydrogens (tertiary/aromatic N) is 3. The summed E-state index contributed by atoms with van der Waals surface area (Å²) in [5.74, 6) is -1.05. The Morgan fingerprint density at radius 1 is 1.06 bits per heavy atom. The number of azo groups is 1.